The second kappa shape index (κ2) is 8.35. The van der Waals surface area contributed by atoms with Crippen molar-refractivity contribution >= 4 is 0 Å². The summed E-state index contributed by atoms with van der Waals surface area (Å²) in [5.74, 6) is 2.42. The summed E-state index contributed by atoms with van der Waals surface area (Å²) in [6.07, 6.45) is 0. The molecule has 0 bridgehead atoms. The Morgan fingerprint density at radius 1 is 0.826 bits per heavy atom. The zero-order valence-electron chi connectivity index (χ0n) is 13.2. The van der Waals surface area contributed by atoms with Crippen LogP contribution in [0.3, 0.4) is 0 Å². The number of aryl methyl sites for hydroxylation is 1. The number of rotatable bonds is 4. The van der Waals surface area contributed by atoms with Crippen molar-refractivity contribution in [3.05, 3.63) is 78.4 Å². The summed E-state index contributed by atoms with van der Waals surface area (Å²) < 4.78 is 11.4. The van der Waals surface area contributed by atoms with Crippen molar-refractivity contribution < 1.29 is 45.1 Å². The Morgan fingerprint density at radius 3 is 2.26 bits per heavy atom. The van der Waals surface area contributed by atoms with E-state index < -0.39 is 0 Å². The summed E-state index contributed by atoms with van der Waals surface area (Å²) in [6.45, 7) is 2.04. The van der Waals surface area contributed by atoms with Crippen molar-refractivity contribution in [1.82, 2.24) is 0 Å². The van der Waals surface area contributed by atoms with Crippen LogP contribution < -0.4 is 9.47 Å². The van der Waals surface area contributed by atoms with Gasteiger partial charge in [0.2, 0.25) is 0 Å². The molecule has 0 spiro atoms. The van der Waals surface area contributed by atoms with Gasteiger partial charge in [-0.05, 0) is 23.8 Å². The Hall–Kier alpha value is -1.55. The van der Waals surface area contributed by atoms with Gasteiger partial charge in [-0.15, -0.1) is 17.7 Å². The van der Waals surface area contributed by atoms with Gasteiger partial charge in [0.05, 0.1) is 7.11 Å². The molecule has 0 N–H and O–H groups in total. The minimum Gasteiger partial charge on any atom is -0.517 e. The van der Waals surface area contributed by atoms with E-state index in [0.29, 0.717) is 0 Å². The number of hydrogen-bond acceptors (Lipinski definition) is 2. The third-order valence-electron chi connectivity index (χ3n) is 3.50. The van der Waals surface area contributed by atoms with Crippen LogP contribution in [0.2, 0.25) is 0 Å². The quantitative estimate of drug-likeness (QED) is 0.528. The van der Waals surface area contributed by atoms with Crippen LogP contribution in [0.15, 0.2) is 66.7 Å². The van der Waals surface area contributed by atoms with E-state index >= 15 is 0 Å². The summed E-state index contributed by atoms with van der Waals surface area (Å²) in [7, 11) is 1.68. The van der Waals surface area contributed by atoms with Gasteiger partial charge in [-0.3, -0.25) is 0 Å². The molecule has 3 rings (SSSR count). The molecular weight excluding hydrogens is 411 g/mol. The van der Waals surface area contributed by atoms with Crippen LogP contribution in [0.25, 0.3) is 11.1 Å². The Labute approximate surface area is 165 Å². The predicted molar refractivity (Wildman–Crippen MR) is 88.5 cm³/mol. The first-order valence-electron chi connectivity index (χ1n) is 7.16. The number of para-hydroxylation sites is 2. The number of ether oxygens (including phenoxy) is 2. The molecule has 3 heteroatoms. The molecule has 0 saturated carbocycles. The zero-order valence-corrected chi connectivity index (χ0v) is 16.9. The summed E-state index contributed by atoms with van der Waals surface area (Å²) in [5, 5.41) is 0. The fraction of sp³-hybridized carbons (Fsp3) is 0.100. The molecular formula is C20H17LaO2-. The summed E-state index contributed by atoms with van der Waals surface area (Å²) in [5.41, 5.74) is 3.16. The first kappa shape index (κ1) is 17.8. The van der Waals surface area contributed by atoms with Crippen molar-refractivity contribution in [2.45, 2.75) is 6.92 Å². The van der Waals surface area contributed by atoms with Gasteiger partial charge in [0.25, 0.3) is 0 Å². The molecule has 2 nitrogen and oxygen atoms in total. The van der Waals surface area contributed by atoms with Crippen molar-refractivity contribution in [3.8, 4) is 28.4 Å². The fourth-order valence-electron chi connectivity index (χ4n) is 2.38. The standard InChI is InChI=1S/C20H17O2.La/c1-15-12-13-17(22-16-8-4-3-5-9-16)14-19(15)18-10-6-7-11-20(18)21-2;/h3-11,13-14H,1-2H3;/q-1;. The zero-order chi connectivity index (χ0) is 15.4. The Balaban J connectivity index is 0.00000192. The predicted octanol–water partition coefficient (Wildman–Crippen LogP) is 5.26. The van der Waals surface area contributed by atoms with Gasteiger partial charge >= 0.3 is 0 Å². The summed E-state index contributed by atoms with van der Waals surface area (Å²) >= 11 is 0. The van der Waals surface area contributed by atoms with E-state index in [1.165, 1.54) is 0 Å². The van der Waals surface area contributed by atoms with Crippen molar-refractivity contribution in [3.63, 3.8) is 0 Å². The second-order valence-electron chi connectivity index (χ2n) is 4.99. The van der Waals surface area contributed by atoms with Crippen LogP contribution in [-0.4, -0.2) is 7.11 Å². The average molecular weight is 428 g/mol. The molecule has 0 heterocycles. The Kier molecular flexibility index (Phi) is 6.46. The number of methoxy groups -OCH3 is 1. The SMILES string of the molecule is COc1ccccc1-c1cc(Oc2ccccc2)c[c-]c1C.[La]. The van der Waals surface area contributed by atoms with Crippen LogP contribution in [-0.2, 0) is 0 Å². The average Bonchev–Trinajstić information content (AvgIpc) is 2.57. The van der Waals surface area contributed by atoms with Gasteiger partial charge in [0, 0.05) is 41.3 Å². The molecule has 0 aliphatic heterocycles. The monoisotopic (exact) mass is 428 g/mol. The number of benzene rings is 3. The smallest absolute Gasteiger partial charge is 0.114 e. The third-order valence-corrected chi connectivity index (χ3v) is 3.50. The van der Waals surface area contributed by atoms with E-state index in [4.69, 9.17) is 9.47 Å². The topological polar surface area (TPSA) is 18.5 Å². The van der Waals surface area contributed by atoms with Crippen LogP contribution in [0.1, 0.15) is 5.56 Å². The minimum absolute atomic E-state index is 0. The molecule has 0 saturated heterocycles. The molecule has 113 valence electrons. The van der Waals surface area contributed by atoms with E-state index in [0.717, 1.165) is 33.9 Å². The molecule has 0 atom stereocenters. The maximum atomic E-state index is 5.90. The van der Waals surface area contributed by atoms with E-state index in [9.17, 15) is 0 Å². The molecule has 0 fully saturated rings. The Bertz CT molecular complexity index is 770. The third kappa shape index (κ3) is 4.26. The molecule has 0 aromatic heterocycles. The minimum atomic E-state index is 0. The van der Waals surface area contributed by atoms with Gasteiger partial charge in [0.1, 0.15) is 11.5 Å². The van der Waals surface area contributed by atoms with Gasteiger partial charge in [-0.2, -0.15) is 11.6 Å². The molecule has 0 aliphatic carbocycles. The molecule has 23 heavy (non-hydrogen) atoms. The molecule has 0 amide bonds. The van der Waals surface area contributed by atoms with Gasteiger partial charge < -0.3 is 9.47 Å². The van der Waals surface area contributed by atoms with Crippen LogP contribution in [0.5, 0.6) is 17.2 Å². The normalized spacial score (nSPS) is 9.83. The maximum absolute atomic E-state index is 5.90. The van der Waals surface area contributed by atoms with E-state index in [1.54, 1.807) is 7.11 Å². The van der Waals surface area contributed by atoms with Gasteiger partial charge in [0.15, 0.2) is 0 Å². The van der Waals surface area contributed by atoms with Crippen LogP contribution in [0.4, 0.5) is 0 Å². The first-order valence-corrected chi connectivity index (χ1v) is 7.16. The van der Waals surface area contributed by atoms with E-state index in [-0.39, 0.29) is 35.6 Å². The Morgan fingerprint density at radius 2 is 1.52 bits per heavy atom. The summed E-state index contributed by atoms with van der Waals surface area (Å²) in [6, 6.07) is 24.9. The molecule has 3 aromatic rings. The van der Waals surface area contributed by atoms with Crippen LogP contribution in [0, 0.1) is 48.6 Å². The fourth-order valence-corrected chi connectivity index (χ4v) is 2.38. The largest absolute Gasteiger partial charge is 0.517 e. The summed E-state index contributed by atoms with van der Waals surface area (Å²) in [4.78, 5) is 0. The van der Waals surface area contributed by atoms with Crippen LogP contribution >= 0.6 is 0 Å². The van der Waals surface area contributed by atoms with E-state index in [1.807, 2.05) is 73.7 Å². The number of hydrogen-bond donors (Lipinski definition) is 0. The van der Waals surface area contributed by atoms with Crippen molar-refractivity contribution in [1.29, 1.82) is 0 Å². The molecule has 1 radical (unpaired) electrons. The molecule has 3 aromatic carbocycles. The van der Waals surface area contributed by atoms with Crippen molar-refractivity contribution in [2.75, 3.05) is 7.11 Å². The first-order chi connectivity index (χ1) is 10.8. The van der Waals surface area contributed by atoms with Gasteiger partial charge in [-0.25, -0.2) is 0 Å². The second-order valence-corrected chi connectivity index (χ2v) is 4.99. The van der Waals surface area contributed by atoms with Gasteiger partial charge in [-0.1, -0.05) is 43.3 Å². The van der Waals surface area contributed by atoms with Crippen molar-refractivity contribution in [2.24, 2.45) is 0 Å². The molecule has 0 unspecified atom stereocenters. The molecule has 0 aliphatic rings. The van der Waals surface area contributed by atoms with E-state index in [2.05, 4.69) is 6.07 Å². The maximum Gasteiger partial charge on any atom is 0.114 e.